The molecule has 0 aliphatic heterocycles. The summed E-state index contributed by atoms with van der Waals surface area (Å²) in [4.78, 5) is 10.0. The fourth-order valence-electron chi connectivity index (χ4n) is 1.35. The van der Waals surface area contributed by atoms with Gasteiger partial charge in [-0.15, -0.1) is 11.3 Å². The normalized spacial score (nSPS) is 11.6. The Kier molecular flexibility index (Phi) is 6.62. The lowest BCUT2D eigenvalue weighted by molar-refractivity contribution is 0.730. The Balaban J connectivity index is 2.48. The molecule has 0 spiro atoms. The summed E-state index contributed by atoms with van der Waals surface area (Å²) in [7, 11) is 0. The third-order valence-electron chi connectivity index (χ3n) is 2.39. The zero-order chi connectivity index (χ0) is 12.5. The smallest absolute Gasteiger partial charge is 0.191 e. The number of aryl methyl sites for hydroxylation is 1. The number of nitrogens with zero attached hydrogens (tertiary/aromatic N) is 2. The van der Waals surface area contributed by atoms with E-state index in [1.54, 1.807) is 11.3 Å². The van der Waals surface area contributed by atoms with Crippen LogP contribution >= 0.6 is 11.3 Å². The van der Waals surface area contributed by atoms with E-state index in [0.29, 0.717) is 6.54 Å². The molecule has 4 nitrogen and oxygen atoms in total. The van der Waals surface area contributed by atoms with Gasteiger partial charge in [-0.05, 0) is 20.3 Å². The first-order chi connectivity index (χ1) is 8.27. The molecular formula is C12H22N4S. The maximum absolute atomic E-state index is 4.55. The van der Waals surface area contributed by atoms with Crippen molar-refractivity contribution >= 4 is 17.3 Å². The molecule has 0 aliphatic carbocycles. The Hall–Kier alpha value is -1.10. The minimum absolute atomic E-state index is 0.706. The van der Waals surface area contributed by atoms with E-state index in [-0.39, 0.29) is 0 Å². The predicted octanol–water partition coefficient (Wildman–Crippen LogP) is 2.31. The highest BCUT2D eigenvalue weighted by atomic mass is 32.1. The van der Waals surface area contributed by atoms with Gasteiger partial charge in [-0.25, -0.2) is 9.98 Å². The van der Waals surface area contributed by atoms with Crippen LogP contribution < -0.4 is 10.6 Å². The number of aliphatic imine (C=N–C) groups is 1. The molecule has 0 saturated heterocycles. The Bertz CT molecular complexity index is 346. The third-order valence-corrected chi connectivity index (χ3v) is 3.31. The van der Waals surface area contributed by atoms with Crippen molar-refractivity contribution in [2.24, 2.45) is 4.99 Å². The lowest BCUT2D eigenvalue weighted by atomic mass is 10.3. The minimum atomic E-state index is 0.706. The lowest BCUT2D eigenvalue weighted by Gasteiger charge is -2.10. The number of unbranched alkanes of at least 4 members (excludes halogenated alkanes) is 1. The largest absolute Gasteiger partial charge is 0.357 e. The van der Waals surface area contributed by atoms with Gasteiger partial charge >= 0.3 is 0 Å². The van der Waals surface area contributed by atoms with E-state index in [1.807, 2.05) is 12.4 Å². The maximum atomic E-state index is 4.55. The first-order valence-electron chi connectivity index (χ1n) is 6.19. The van der Waals surface area contributed by atoms with Gasteiger partial charge in [0.1, 0.15) is 0 Å². The van der Waals surface area contributed by atoms with Gasteiger partial charge in [0.25, 0.3) is 0 Å². The number of hydrogen-bond donors (Lipinski definition) is 2. The van der Waals surface area contributed by atoms with E-state index < -0.39 is 0 Å². The SMILES string of the molecule is CCCCNC(=NCc1scnc1C)NCC. The second-order valence-electron chi connectivity index (χ2n) is 3.84. The molecule has 1 heterocycles. The molecule has 0 aliphatic rings. The molecule has 1 rings (SSSR count). The highest BCUT2D eigenvalue weighted by Crippen LogP contribution is 2.12. The van der Waals surface area contributed by atoms with Gasteiger partial charge in [0.05, 0.1) is 17.7 Å². The Morgan fingerprint density at radius 1 is 1.41 bits per heavy atom. The molecular weight excluding hydrogens is 232 g/mol. The number of hydrogen-bond acceptors (Lipinski definition) is 3. The number of thiazole rings is 1. The molecule has 5 heteroatoms. The molecule has 0 saturated carbocycles. The average molecular weight is 254 g/mol. The van der Waals surface area contributed by atoms with Crippen LogP contribution in [0.15, 0.2) is 10.5 Å². The van der Waals surface area contributed by atoms with Crippen molar-refractivity contribution in [3.8, 4) is 0 Å². The van der Waals surface area contributed by atoms with Crippen LogP contribution in [0.25, 0.3) is 0 Å². The molecule has 0 unspecified atom stereocenters. The molecule has 17 heavy (non-hydrogen) atoms. The van der Waals surface area contributed by atoms with Crippen molar-refractivity contribution in [1.82, 2.24) is 15.6 Å². The van der Waals surface area contributed by atoms with E-state index in [4.69, 9.17) is 0 Å². The topological polar surface area (TPSA) is 49.3 Å². The molecule has 1 aromatic heterocycles. The Labute approximate surface area is 108 Å². The average Bonchev–Trinajstić information content (AvgIpc) is 2.72. The van der Waals surface area contributed by atoms with Gasteiger partial charge in [0.2, 0.25) is 0 Å². The molecule has 0 radical (unpaired) electrons. The molecule has 2 N–H and O–H groups in total. The number of aromatic nitrogens is 1. The zero-order valence-corrected chi connectivity index (χ0v) is 11.7. The quantitative estimate of drug-likeness (QED) is 0.465. The van der Waals surface area contributed by atoms with Crippen molar-refractivity contribution in [3.63, 3.8) is 0 Å². The highest BCUT2D eigenvalue weighted by Gasteiger charge is 2.01. The van der Waals surface area contributed by atoms with E-state index in [9.17, 15) is 0 Å². The van der Waals surface area contributed by atoms with Crippen molar-refractivity contribution < 1.29 is 0 Å². The van der Waals surface area contributed by atoms with Crippen LogP contribution in [-0.2, 0) is 6.54 Å². The van der Waals surface area contributed by atoms with E-state index >= 15 is 0 Å². The summed E-state index contributed by atoms with van der Waals surface area (Å²) in [5.74, 6) is 0.897. The van der Waals surface area contributed by atoms with Crippen LogP contribution in [0.2, 0.25) is 0 Å². The number of nitrogens with one attached hydrogen (secondary N) is 2. The van der Waals surface area contributed by atoms with Crippen molar-refractivity contribution in [2.75, 3.05) is 13.1 Å². The Morgan fingerprint density at radius 2 is 2.24 bits per heavy atom. The summed E-state index contributed by atoms with van der Waals surface area (Å²) < 4.78 is 0. The standard InChI is InChI=1S/C12H22N4S/c1-4-6-7-14-12(13-5-2)15-8-11-10(3)16-9-17-11/h9H,4-8H2,1-3H3,(H2,13,14,15). The number of guanidine groups is 1. The van der Waals surface area contributed by atoms with Gasteiger partial charge in [0.15, 0.2) is 5.96 Å². The van der Waals surface area contributed by atoms with Gasteiger partial charge in [-0.3, -0.25) is 0 Å². The van der Waals surface area contributed by atoms with Gasteiger partial charge < -0.3 is 10.6 Å². The number of rotatable bonds is 6. The fraction of sp³-hybridized carbons (Fsp3) is 0.667. The van der Waals surface area contributed by atoms with Crippen LogP contribution in [0.4, 0.5) is 0 Å². The van der Waals surface area contributed by atoms with Gasteiger partial charge in [-0.1, -0.05) is 13.3 Å². The molecule has 0 aromatic carbocycles. The van der Waals surface area contributed by atoms with Crippen LogP contribution in [0.1, 0.15) is 37.3 Å². The summed E-state index contributed by atoms with van der Waals surface area (Å²) in [6.07, 6.45) is 2.37. The van der Waals surface area contributed by atoms with Crippen molar-refractivity contribution in [2.45, 2.75) is 40.2 Å². The predicted molar refractivity (Wildman–Crippen MR) is 74.6 cm³/mol. The summed E-state index contributed by atoms with van der Waals surface area (Å²) in [6, 6.07) is 0. The molecule has 0 atom stereocenters. The molecule has 96 valence electrons. The van der Waals surface area contributed by atoms with Crippen LogP contribution in [0.3, 0.4) is 0 Å². The van der Waals surface area contributed by atoms with E-state index in [2.05, 4.69) is 34.5 Å². The zero-order valence-electron chi connectivity index (χ0n) is 10.9. The highest BCUT2D eigenvalue weighted by molar-refractivity contribution is 7.09. The second kappa shape index (κ2) is 8.06. The van der Waals surface area contributed by atoms with E-state index in [0.717, 1.165) is 24.7 Å². The van der Waals surface area contributed by atoms with Crippen LogP contribution in [-0.4, -0.2) is 24.0 Å². The second-order valence-corrected chi connectivity index (χ2v) is 4.78. The summed E-state index contributed by atoms with van der Waals surface area (Å²) in [5, 5.41) is 6.57. The van der Waals surface area contributed by atoms with Crippen LogP contribution in [0.5, 0.6) is 0 Å². The van der Waals surface area contributed by atoms with E-state index in [1.165, 1.54) is 17.7 Å². The van der Waals surface area contributed by atoms with Gasteiger partial charge in [0, 0.05) is 18.0 Å². The van der Waals surface area contributed by atoms with Gasteiger partial charge in [-0.2, -0.15) is 0 Å². The first-order valence-corrected chi connectivity index (χ1v) is 7.07. The lowest BCUT2D eigenvalue weighted by Crippen LogP contribution is -2.37. The Morgan fingerprint density at radius 3 is 2.82 bits per heavy atom. The van der Waals surface area contributed by atoms with Crippen molar-refractivity contribution in [3.05, 3.63) is 16.1 Å². The monoisotopic (exact) mass is 254 g/mol. The molecule has 0 amide bonds. The molecule has 0 fully saturated rings. The molecule has 0 bridgehead atoms. The minimum Gasteiger partial charge on any atom is -0.357 e. The first kappa shape index (κ1) is 14.0. The maximum Gasteiger partial charge on any atom is 0.191 e. The summed E-state index contributed by atoms with van der Waals surface area (Å²) in [5.41, 5.74) is 2.96. The molecule has 1 aromatic rings. The van der Waals surface area contributed by atoms with Crippen LogP contribution in [0, 0.1) is 6.92 Å². The summed E-state index contributed by atoms with van der Waals surface area (Å²) in [6.45, 7) is 8.86. The fourth-order valence-corrected chi connectivity index (χ4v) is 2.05. The van der Waals surface area contributed by atoms with Crippen molar-refractivity contribution in [1.29, 1.82) is 0 Å². The summed E-state index contributed by atoms with van der Waals surface area (Å²) >= 11 is 1.66. The third kappa shape index (κ3) is 5.17.